The zero-order valence-corrected chi connectivity index (χ0v) is 15.2. The minimum atomic E-state index is -4.44. The van der Waals surface area contributed by atoms with Crippen molar-refractivity contribution in [1.29, 1.82) is 0 Å². The van der Waals surface area contributed by atoms with Crippen LogP contribution >= 0.6 is 0 Å². The molecule has 0 aliphatic rings. The van der Waals surface area contributed by atoms with Crippen LogP contribution in [0.3, 0.4) is 0 Å². The third kappa shape index (κ3) is 4.20. The average molecular weight is 454 g/mol. The van der Waals surface area contributed by atoms with Crippen molar-refractivity contribution in [2.45, 2.75) is 4.90 Å². The van der Waals surface area contributed by atoms with E-state index in [0.29, 0.717) is 0 Å². The van der Waals surface area contributed by atoms with Gasteiger partial charge in [0, 0.05) is 0 Å². The first-order chi connectivity index (χ1) is 6.73. The maximum Gasteiger partial charge on any atom is -0.369 e. The minimum Gasteiger partial charge on any atom is -0.369 e. The van der Waals surface area contributed by atoms with E-state index >= 15 is 0 Å². The Kier molecular flexibility index (Phi) is 6.85. The van der Waals surface area contributed by atoms with Crippen LogP contribution in [0.2, 0.25) is 0 Å². The molecule has 0 radical (unpaired) electrons. The van der Waals surface area contributed by atoms with Gasteiger partial charge in [0.15, 0.2) is 0 Å². The van der Waals surface area contributed by atoms with Crippen molar-refractivity contribution in [3.8, 4) is 5.75 Å². The summed E-state index contributed by atoms with van der Waals surface area (Å²) in [5.74, 6) is -1.87. The Morgan fingerprint density at radius 2 is 1.76 bits per heavy atom. The van der Waals surface area contributed by atoms with Crippen LogP contribution in [-0.4, -0.2) is 34.6 Å². The van der Waals surface area contributed by atoms with Gasteiger partial charge in [0.05, 0.1) is 0 Å². The number of aromatic hydroxyl groups is 1. The van der Waals surface area contributed by atoms with Gasteiger partial charge in [-0.2, -0.15) is 0 Å². The van der Waals surface area contributed by atoms with Crippen LogP contribution in [0, 0.1) is 0 Å². The quantitative estimate of drug-likeness (QED) is 0.331. The molecule has 0 fully saturated rings. The monoisotopic (exact) mass is 455 g/mol. The van der Waals surface area contributed by atoms with Crippen LogP contribution in [0.15, 0.2) is 17.0 Å². The van der Waals surface area contributed by atoms with Crippen molar-refractivity contribution in [1.82, 2.24) is 6.15 Å². The second-order valence-corrected chi connectivity index (χ2v) is 7.14. The van der Waals surface area contributed by atoms with Crippen molar-refractivity contribution >= 4 is 19.2 Å². The fourth-order valence-electron chi connectivity index (χ4n) is 0.977. The van der Waals surface area contributed by atoms with Crippen molar-refractivity contribution in [2.24, 2.45) is 0 Å². The van der Waals surface area contributed by atoms with Gasteiger partial charge in [-0.25, -0.2) is 0 Å². The first kappa shape index (κ1) is 18.6. The van der Waals surface area contributed by atoms with Gasteiger partial charge in [-0.05, 0) is 0 Å². The minimum absolute atomic E-state index is 0. The Morgan fingerprint density at radius 1 is 1.29 bits per heavy atom. The Labute approximate surface area is 113 Å². The number of carboxylic acid groups (broad SMARTS) is 1. The van der Waals surface area contributed by atoms with Gasteiger partial charge in [0.25, 0.3) is 0 Å². The number of aromatic carboxylic acids is 1. The molecule has 0 atom stereocenters. The number of benzene rings is 1. The van der Waals surface area contributed by atoms with E-state index in [1.165, 1.54) is 0 Å². The second kappa shape index (κ2) is 6.26. The topological polar surface area (TPSA) is 180 Å². The van der Waals surface area contributed by atoms with E-state index in [-0.39, 0.29) is 40.8 Å². The molecule has 0 spiro atoms. The molecule has 0 aromatic heterocycles. The molecule has 0 bridgehead atoms. The summed E-state index contributed by atoms with van der Waals surface area (Å²) in [5, 5.41) is 18.0. The predicted octanol–water partition coefficient (Wildman–Crippen LogP) is -0.939. The molecule has 0 saturated heterocycles. The molecule has 0 aliphatic heterocycles. The van der Waals surface area contributed by atoms with Crippen LogP contribution in [0.1, 0.15) is 10.4 Å². The number of hydrogen-bond donors (Lipinski definition) is 4. The molecule has 1 rings (SSSR count). The van der Waals surface area contributed by atoms with E-state index in [1.54, 1.807) is 0 Å². The number of rotatable bonds is 2. The van der Waals surface area contributed by atoms with E-state index in [2.05, 4.69) is 0 Å². The fraction of sp³-hybridized carbons (Fsp3) is 0. The standard InChI is InChI=1S/C7H5O6S.Hg.H3N.H2O/c8-6-2-1-4(14(11,12)13)3-5(6)7(9)10;;;/h1,3,8H,(H,9,10)(H,11,12,13);;1H3;1H2/p+1. The third-order valence-corrected chi connectivity index (χ3v) is 4.62. The van der Waals surface area contributed by atoms with Crippen LogP contribution < -0.4 is 9.22 Å². The maximum absolute atomic E-state index is 10.8. The fourth-order valence-corrected chi connectivity index (χ4v) is 3.71. The zero-order chi connectivity index (χ0) is 11.8. The van der Waals surface area contributed by atoms with Gasteiger partial charge in [-0.15, -0.1) is 0 Å². The maximum atomic E-state index is 10.8. The molecule has 9 N–H and O–H groups in total. The number of carboxylic acids is 1. The largest absolute Gasteiger partial charge is 0.369 e. The second-order valence-electron chi connectivity index (χ2n) is 2.76. The number of quaternary nitrogens is 1. The molecule has 17 heavy (non-hydrogen) atoms. The van der Waals surface area contributed by atoms with Gasteiger partial charge in [-0.1, -0.05) is 0 Å². The summed E-state index contributed by atoms with van der Waals surface area (Å²) in [7, 11) is -4.44. The molecule has 8 nitrogen and oxygen atoms in total. The van der Waals surface area contributed by atoms with E-state index in [9.17, 15) is 18.3 Å². The van der Waals surface area contributed by atoms with Crippen molar-refractivity contribution in [3.05, 3.63) is 17.7 Å². The Balaban J connectivity index is 0. The Bertz CT molecular complexity index is 527. The average Bonchev–Trinajstić information content (AvgIpc) is 2.06. The molecule has 0 unspecified atom stereocenters. The molecule has 0 saturated carbocycles. The van der Waals surface area contributed by atoms with Gasteiger partial charge < -0.3 is 11.6 Å². The normalized spacial score (nSPS) is 10.1. The van der Waals surface area contributed by atoms with Crippen LogP contribution in [0.5, 0.6) is 5.75 Å². The van der Waals surface area contributed by atoms with E-state index in [4.69, 9.17) is 9.66 Å². The first-order valence-corrected chi connectivity index (χ1v) is 7.82. The van der Waals surface area contributed by atoms with Gasteiger partial charge in [0.1, 0.15) is 0 Å². The molecular formula is C7H11HgNO7S+. The Hall–Kier alpha value is -0.745. The van der Waals surface area contributed by atoms with Gasteiger partial charge in [-0.3, -0.25) is 0 Å². The van der Waals surface area contributed by atoms with Crippen LogP contribution in [0.25, 0.3) is 0 Å². The van der Waals surface area contributed by atoms with Crippen LogP contribution in [-0.2, 0) is 36.2 Å². The summed E-state index contributed by atoms with van der Waals surface area (Å²) in [4.78, 5) is 10.1. The molecule has 0 aliphatic carbocycles. The smallest absolute Gasteiger partial charge is 0.369 e. The molecular weight excluding hydrogens is 443 g/mol. The molecule has 1 aromatic carbocycles. The number of carbonyl (C=O) groups is 1. The van der Waals surface area contributed by atoms with Crippen molar-refractivity contribution < 1.29 is 59.6 Å². The summed E-state index contributed by atoms with van der Waals surface area (Å²) in [5.41, 5.74) is -0.518. The molecule has 93 valence electrons. The molecule has 10 heteroatoms. The summed E-state index contributed by atoms with van der Waals surface area (Å²) in [6.07, 6.45) is 0. The van der Waals surface area contributed by atoms with Crippen LogP contribution in [0.4, 0.5) is 0 Å². The molecule has 1 aromatic rings. The number of hydrogen-bond acceptors (Lipinski definition) is 4. The summed E-state index contributed by atoms with van der Waals surface area (Å²) in [6, 6.07) is 1.80. The summed E-state index contributed by atoms with van der Waals surface area (Å²) >= 11 is -0.162. The number of phenols is 1. The van der Waals surface area contributed by atoms with Gasteiger partial charge in [0.2, 0.25) is 0 Å². The van der Waals surface area contributed by atoms with E-state index in [1.807, 2.05) is 0 Å². The molecule has 0 heterocycles. The molecule has 0 amide bonds. The Morgan fingerprint density at radius 3 is 2.12 bits per heavy atom. The zero-order valence-electron chi connectivity index (χ0n) is 8.84. The van der Waals surface area contributed by atoms with E-state index < -0.39 is 32.3 Å². The van der Waals surface area contributed by atoms with Gasteiger partial charge >= 0.3 is 102 Å². The third-order valence-electron chi connectivity index (χ3n) is 1.69. The van der Waals surface area contributed by atoms with Crippen molar-refractivity contribution in [3.63, 3.8) is 0 Å². The SMILES string of the molecule is O.O=C(O)c1cc(S(=O)(=O)O)c[c]([Hg])c1O.[NH4+]. The summed E-state index contributed by atoms with van der Waals surface area (Å²) in [6.45, 7) is 0. The predicted molar refractivity (Wildman–Crippen MR) is 54.1 cm³/mol. The van der Waals surface area contributed by atoms with E-state index in [0.717, 1.165) is 12.1 Å². The summed E-state index contributed by atoms with van der Waals surface area (Å²) < 4.78 is 30.5. The first-order valence-electron chi connectivity index (χ1n) is 3.63. The van der Waals surface area contributed by atoms with Crippen molar-refractivity contribution in [2.75, 3.05) is 0 Å².